The van der Waals surface area contributed by atoms with Crippen LogP contribution in [-0.4, -0.2) is 17.0 Å². The van der Waals surface area contributed by atoms with Crippen LogP contribution >= 0.6 is 15.9 Å². The van der Waals surface area contributed by atoms with Crippen LogP contribution in [0.5, 0.6) is 0 Å². The molecule has 1 atom stereocenters. The second-order valence-corrected chi connectivity index (χ2v) is 5.36. The van der Waals surface area contributed by atoms with E-state index < -0.39 is 0 Å². The van der Waals surface area contributed by atoms with E-state index in [0.29, 0.717) is 23.6 Å². The Morgan fingerprint density at radius 1 is 1.58 bits per heavy atom. The van der Waals surface area contributed by atoms with Gasteiger partial charge >= 0.3 is 0 Å². The van der Waals surface area contributed by atoms with Gasteiger partial charge in [0.1, 0.15) is 0 Å². The van der Waals surface area contributed by atoms with Gasteiger partial charge in [0.15, 0.2) is 5.84 Å². The summed E-state index contributed by atoms with van der Waals surface area (Å²) in [4.78, 5) is 11.9. The first kappa shape index (κ1) is 15.5. The summed E-state index contributed by atoms with van der Waals surface area (Å²) < 4.78 is 0.806. The third-order valence-electron chi connectivity index (χ3n) is 2.87. The molecule has 1 aromatic rings. The van der Waals surface area contributed by atoms with Crippen LogP contribution in [0.25, 0.3) is 0 Å². The maximum Gasteiger partial charge on any atom is 0.224 e. The molecule has 0 aliphatic heterocycles. The van der Waals surface area contributed by atoms with E-state index in [-0.39, 0.29) is 11.7 Å². The fraction of sp³-hybridized carbons (Fsp3) is 0.385. The van der Waals surface area contributed by atoms with E-state index in [4.69, 9.17) is 10.9 Å². The summed E-state index contributed by atoms with van der Waals surface area (Å²) in [5.41, 5.74) is 6.60. The van der Waals surface area contributed by atoms with Crippen LogP contribution in [0.1, 0.15) is 32.3 Å². The highest BCUT2D eigenvalue weighted by molar-refractivity contribution is 9.10. The Kier molecular flexibility index (Phi) is 5.82. The highest BCUT2D eigenvalue weighted by atomic mass is 79.9. The van der Waals surface area contributed by atoms with Crippen LogP contribution in [0, 0.1) is 5.92 Å². The highest BCUT2D eigenvalue weighted by Gasteiger charge is 2.12. The Hall–Kier alpha value is -1.56. The molecule has 0 saturated heterocycles. The van der Waals surface area contributed by atoms with Gasteiger partial charge in [-0.1, -0.05) is 41.4 Å². The number of rotatable bonds is 5. The Labute approximate surface area is 121 Å². The summed E-state index contributed by atoms with van der Waals surface area (Å²) in [5, 5.41) is 14.5. The smallest absolute Gasteiger partial charge is 0.224 e. The minimum atomic E-state index is -0.0839. The average Bonchev–Trinajstić information content (AvgIpc) is 2.37. The number of halogens is 1. The van der Waals surface area contributed by atoms with Crippen molar-refractivity contribution in [3.8, 4) is 0 Å². The zero-order chi connectivity index (χ0) is 14.4. The van der Waals surface area contributed by atoms with E-state index in [2.05, 4.69) is 26.4 Å². The van der Waals surface area contributed by atoms with Crippen molar-refractivity contribution in [1.29, 1.82) is 0 Å². The zero-order valence-electron chi connectivity index (χ0n) is 11.0. The number of carbonyl (C=O) groups is 1. The minimum Gasteiger partial charge on any atom is -0.409 e. The van der Waals surface area contributed by atoms with E-state index in [9.17, 15) is 4.79 Å². The third-order valence-corrected chi connectivity index (χ3v) is 3.36. The van der Waals surface area contributed by atoms with Gasteiger partial charge in [-0.05, 0) is 24.1 Å². The normalized spacial score (nSPS) is 13.1. The molecule has 4 N–H and O–H groups in total. The van der Waals surface area contributed by atoms with Crippen molar-refractivity contribution in [2.75, 3.05) is 5.32 Å². The van der Waals surface area contributed by atoms with Gasteiger partial charge in [0, 0.05) is 16.5 Å². The number of oxime groups is 1. The van der Waals surface area contributed by atoms with E-state index in [1.165, 1.54) is 0 Å². The number of nitrogens with two attached hydrogens (primary N) is 1. The summed E-state index contributed by atoms with van der Waals surface area (Å²) in [6, 6.07) is 5.16. The lowest BCUT2D eigenvalue weighted by Crippen LogP contribution is -2.20. The van der Waals surface area contributed by atoms with Gasteiger partial charge < -0.3 is 16.3 Å². The first-order chi connectivity index (χ1) is 8.97. The summed E-state index contributed by atoms with van der Waals surface area (Å²) in [7, 11) is 0. The summed E-state index contributed by atoms with van der Waals surface area (Å²) in [6.07, 6.45) is 1.39. The van der Waals surface area contributed by atoms with E-state index in [0.717, 1.165) is 10.9 Å². The third kappa shape index (κ3) is 4.55. The minimum absolute atomic E-state index is 0.0358. The number of hydrogen-bond acceptors (Lipinski definition) is 3. The van der Waals surface area contributed by atoms with Crippen molar-refractivity contribution in [3.63, 3.8) is 0 Å². The monoisotopic (exact) mass is 327 g/mol. The van der Waals surface area contributed by atoms with Crippen molar-refractivity contribution < 1.29 is 10.0 Å². The molecule has 0 radical (unpaired) electrons. The lowest BCUT2D eigenvalue weighted by Gasteiger charge is -2.12. The SMILES string of the molecule is CCC(C)CC(=O)Nc1cc(Br)ccc1/C(N)=N/O. The van der Waals surface area contributed by atoms with E-state index >= 15 is 0 Å². The number of hydrogen-bond donors (Lipinski definition) is 3. The standard InChI is InChI=1S/C13H18BrN3O2/c1-3-8(2)6-12(18)16-11-7-9(14)4-5-10(11)13(15)17-19/h4-5,7-8,19H,3,6H2,1-2H3,(H2,15,17)(H,16,18). The molecule has 0 saturated carbocycles. The van der Waals surface area contributed by atoms with Crippen molar-refractivity contribution in [1.82, 2.24) is 0 Å². The summed E-state index contributed by atoms with van der Waals surface area (Å²) in [6.45, 7) is 4.06. The van der Waals surface area contributed by atoms with Gasteiger partial charge in [-0.2, -0.15) is 0 Å². The lowest BCUT2D eigenvalue weighted by atomic mass is 10.0. The molecule has 104 valence electrons. The van der Waals surface area contributed by atoms with Crippen LogP contribution in [0.2, 0.25) is 0 Å². The first-order valence-corrected chi connectivity index (χ1v) is 6.84. The fourth-order valence-electron chi connectivity index (χ4n) is 1.56. The molecule has 1 aromatic carbocycles. The zero-order valence-corrected chi connectivity index (χ0v) is 12.6. The number of benzene rings is 1. The van der Waals surface area contributed by atoms with E-state index in [1.807, 2.05) is 13.8 Å². The van der Waals surface area contributed by atoms with Crippen molar-refractivity contribution in [2.45, 2.75) is 26.7 Å². The van der Waals surface area contributed by atoms with Crippen LogP contribution in [0.15, 0.2) is 27.8 Å². The first-order valence-electron chi connectivity index (χ1n) is 6.05. The maximum absolute atomic E-state index is 11.9. The predicted octanol–water partition coefficient (Wildman–Crippen LogP) is 2.92. The maximum atomic E-state index is 11.9. The fourth-order valence-corrected chi connectivity index (χ4v) is 1.92. The van der Waals surface area contributed by atoms with Gasteiger partial charge in [0.2, 0.25) is 5.91 Å². The molecule has 0 aliphatic carbocycles. The molecule has 0 spiro atoms. The largest absolute Gasteiger partial charge is 0.409 e. The number of amidine groups is 1. The molecular weight excluding hydrogens is 310 g/mol. The molecular formula is C13H18BrN3O2. The second-order valence-electron chi connectivity index (χ2n) is 4.44. The van der Waals surface area contributed by atoms with E-state index in [1.54, 1.807) is 18.2 Å². The molecule has 5 nitrogen and oxygen atoms in total. The molecule has 0 aliphatic rings. The Bertz CT molecular complexity index is 489. The second kappa shape index (κ2) is 7.13. The van der Waals surface area contributed by atoms with Crippen molar-refractivity contribution in [2.24, 2.45) is 16.8 Å². The lowest BCUT2D eigenvalue weighted by molar-refractivity contribution is -0.117. The summed E-state index contributed by atoms with van der Waals surface area (Å²) in [5.74, 6) is 0.199. The topological polar surface area (TPSA) is 87.7 Å². The molecule has 1 unspecified atom stereocenters. The Morgan fingerprint density at radius 2 is 2.26 bits per heavy atom. The van der Waals surface area contributed by atoms with Crippen LogP contribution in [0.4, 0.5) is 5.69 Å². The van der Waals surface area contributed by atoms with Gasteiger partial charge in [-0.3, -0.25) is 4.79 Å². The molecule has 0 heterocycles. The van der Waals surface area contributed by atoms with Crippen LogP contribution in [-0.2, 0) is 4.79 Å². The molecule has 0 fully saturated rings. The summed E-state index contributed by atoms with van der Waals surface area (Å²) >= 11 is 3.33. The molecule has 0 bridgehead atoms. The number of amides is 1. The molecule has 0 aromatic heterocycles. The van der Waals surface area contributed by atoms with Gasteiger partial charge in [-0.25, -0.2) is 0 Å². The average molecular weight is 328 g/mol. The molecule has 1 amide bonds. The van der Waals surface area contributed by atoms with Gasteiger partial charge in [-0.15, -0.1) is 0 Å². The highest BCUT2D eigenvalue weighted by Crippen LogP contribution is 2.22. The number of nitrogens with zero attached hydrogens (tertiary/aromatic N) is 1. The molecule has 1 rings (SSSR count). The molecule has 6 heteroatoms. The van der Waals surface area contributed by atoms with Crippen molar-refractivity contribution >= 4 is 33.4 Å². The van der Waals surface area contributed by atoms with Gasteiger partial charge in [0.05, 0.1) is 5.69 Å². The number of anilines is 1. The van der Waals surface area contributed by atoms with Crippen LogP contribution in [0.3, 0.4) is 0 Å². The Balaban J connectivity index is 2.93. The number of carbonyl (C=O) groups excluding carboxylic acids is 1. The molecule has 19 heavy (non-hydrogen) atoms. The van der Waals surface area contributed by atoms with Crippen LogP contribution < -0.4 is 11.1 Å². The van der Waals surface area contributed by atoms with Crippen molar-refractivity contribution in [3.05, 3.63) is 28.2 Å². The number of nitrogens with one attached hydrogen (secondary N) is 1. The predicted molar refractivity (Wildman–Crippen MR) is 79.4 cm³/mol. The Morgan fingerprint density at radius 3 is 2.84 bits per heavy atom. The van der Waals surface area contributed by atoms with Gasteiger partial charge in [0.25, 0.3) is 0 Å². The quantitative estimate of drug-likeness (QED) is 0.336.